The number of halogens is 4. The number of anilines is 1. The van der Waals surface area contributed by atoms with E-state index in [1.807, 2.05) is 54.6 Å². The van der Waals surface area contributed by atoms with Crippen LogP contribution in [0.1, 0.15) is 11.1 Å². The van der Waals surface area contributed by atoms with Crippen LogP contribution in [0.4, 0.5) is 11.4 Å². The first-order valence-corrected chi connectivity index (χ1v) is 15.3. The zero-order chi connectivity index (χ0) is 28.2. The van der Waals surface area contributed by atoms with Gasteiger partial charge in [0.1, 0.15) is 6.61 Å². The highest BCUT2D eigenvalue weighted by Gasteiger charge is 2.35. The molecule has 1 fully saturated rings. The molecule has 0 atom stereocenters. The van der Waals surface area contributed by atoms with Crippen LogP contribution in [-0.4, -0.2) is 18.2 Å². The molecule has 0 spiro atoms. The molecule has 0 saturated carbocycles. The van der Waals surface area contributed by atoms with Crippen molar-refractivity contribution in [1.82, 2.24) is 0 Å². The van der Waals surface area contributed by atoms with E-state index in [1.54, 1.807) is 48.4 Å². The molecule has 0 N–H and O–H groups in total. The van der Waals surface area contributed by atoms with Gasteiger partial charge in [-0.3, -0.25) is 9.69 Å². The predicted octanol–water partition coefficient (Wildman–Crippen LogP) is 9.76. The summed E-state index contributed by atoms with van der Waals surface area (Å²) in [7, 11) is 1.60. The van der Waals surface area contributed by atoms with E-state index in [0.29, 0.717) is 49.6 Å². The van der Waals surface area contributed by atoms with Crippen LogP contribution in [-0.2, 0) is 11.4 Å². The molecule has 1 saturated heterocycles. The van der Waals surface area contributed by atoms with Crippen LogP contribution < -0.4 is 14.4 Å². The van der Waals surface area contributed by atoms with Gasteiger partial charge in [-0.15, -0.1) is 0 Å². The van der Waals surface area contributed by atoms with Crippen LogP contribution in [0.2, 0.25) is 10.0 Å². The Morgan fingerprint density at radius 3 is 2.27 bits per heavy atom. The Labute approximate surface area is 268 Å². The Morgan fingerprint density at radius 2 is 1.62 bits per heavy atom. The molecule has 40 heavy (non-hydrogen) atoms. The second-order valence-corrected chi connectivity index (χ2v) is 12.5. The van der Waals surface area contributed by atoms with Crippen molar-refractivity contribution in [3.8, 4) is 11.5 Å². The Morgan fingerprint density at radius 1 is 0.975 bits per heavy atom. The number of carbonyl (C=O) groups is 1. The minimum absolute atomic E-state index is 0.190. The Balaban J connectivity index is 1.46. The van der Waals surface area contributed by atoms with E-state index in [9.17, 15) is 4.79 Å². The Hall–Kier alpha value is -2.50. The van der Waals surface area contributed by atoms with Gasteiger partial charge in [0.15, 0.2) is 16.7 Å². The first kappa shape index (κ1) is 29.0. The number of nitrogens with zero attached hydrogens (tertiary/aromatic N) is 2. The molecule has 1 heterocycles. The highest BCUT2D eigenvalue weighted by atomic mass is 127. The number of aliphatic imine (C=N–C) groups is 1. The fraction of sp³-hybridized carbons (Fsp3) is 0.0667. The average Bonchev–Trinajstić information content (AvgIpc) is 3.24. The zero-order valence-electron chi connectivity index (χ0n) is 20.9. The van der Waals surface area contributed by atoms with Crippen molar-refractivity contribution in [2.75, 3.05) is 12.0 Å². The first-order valence-electron chi connectivity index (χ1n) is 11.9. The molecule has 4 aromatic rings. The van der Waals surface area contributed by atoms with Gasteiger partial charge in [-0.1, -0.05) is 51.3 Å². The summed E-state index contributed by atoms with van der Waals surface area (Å²) < 4.78 is 13.7. The van der Waals surface area contributed by atoms with Gasteiger partial charge in [0.2, 0.25) is 0 Å². The van der Waals surface area contributed by atoms with E-state index < -0.39 is 0 Å². The number of benzene rings is 4. The van der Waals surface area contributed by atoms with E-state index in [2.05, 4.69) is 38.5 Å². The minimum Gasteiger partial charge on any atom is -0.493 e. The van der Waals surface area contributed by atoms with Crippen LogP contribution in [0.25, 0.3) is 6.08 Å². The summed E-state index contributed by atoms with van der Waals surface area (Å²) in [5, 5.41) is 1.72. The molecule has 10 heteroatoms. The number of thioether (sulfide) groups is 1. The van der Waals surface area contributed by atoms with E-state index in [4.69, 9.17) is 37.7 Å². The maximum atomic E-state index is 13.7. The van der Waals surface area contributed by atoms with E-state index in [1.165, 1.54) is 11.8 Å². The molecule has 1 aliphatic rings. The maximum absolute atomic E-state index is 13.7. The fourth-order valence-corrected chi connectivity index (χ4v) is 6.14. The summed E-state index contributed by atoms with van der Waals surface area (Å²) in [6, 6.07) is 26.0. The third-order valence-corrected chi connectivity index (χ3v) is 8.59. The summed E-state index contributed by atoms with van der Waals surface area (Å²) in [6.45, 7) is 0.398. The summed E-state index contributed by atoms with van der Waals surface area (Å²) in [6.07, 6.45) is 1.84. The van der Waals surface area contributed by atoms with Crippen LogP contribution >= 0.6 is 73.5 Å². The van der Waals surface area contributed by atoms with Gasteiger partial charge in [0.25, 0.3) is 5.91 Å². The Kier molecular flexibility index (Phi) is 9.42. The molecule has 0 bridgehead atoms. The number of hydrogen-bond donors (Lipinski definition) is 0. The molecule has 0 radical (unpaired) electrons. The molecule has 1 aliphatic heterocycles. The molecule has 5 rings (SSSR count). The van der Waals surface area contributed by atoms with Crippen molar-refractivity contribution in [2.24, 2.45) is 4.99 Å². The highest BCUT2D eigenvalue weighted by Crippen LogP contribution is 2.40. The number of amidine groups is 1. The number of rotatable bonds is 7. The van der Waals surface area contributed by atoms with Crippen molar-refractivity contribution in [3.05, 3.63) is 119 Å². The first-order chi connectivity index (χ1) is 19.3. The Bertz CT molecular complexity index is 1610. The lowest BCUT2D eigenvalue weighted by Crippen LogP contribution is -2.28. The molecule has 4 aromatic carbocycles. The quantitative estimate of drug-likeness (QED) is 0.139. The molecule has 202 valence electrons. The highest BCUT2D eigenvalue weighted by molar-refractivity contribution is 14.1. The topological polar surface area (TPSA) is 51.1 Å². The van der Waals surface area contributed by atoms with Crippen LogP contribution in [0, 0.1) is 3.57 Å². The largest absolute Gasteiger partial charge is 0.493 e. The summed E-state index contributed by atoms with van der Waals surface area (Å²) in [4.78, 5) is 20.5. The normalized spacial score (nSPS) is 15.2. The summed E-state index contributed by atoms with van der Waals surface area (Å²) in [5.74, 6) is 1.03. The van der Waals surface area contributed by atoms with Crippen molar-refractivity contribution in [3.63, 3.8) is 0 Å². The molecule has 0 aromatic heterocycles. The minimum atomic E-state index is -0.190. The standard InChI is InChI=1S/C30H20BrCl2IN2O3S/c1-38-26-15-19(14-25(34)28(26)39-17-18-2-4-20(31)5-3-18)16-27-29(37)36(24-12-8-22(33)9-13-24)30(40-27)35-23-10-6-21(32)7-11-23/h2-16H,17H2,1H3/b27-16-,35-30?. The SMILES string of the molecule is COc1cc(/C=C2\SC(=Nc3ccc(Cl)cc3)N(c3ccc(Cl)cc3)C2=O)cc(I)c1OCc1ccc(Br)cc1. The second-order valence-electron chi connectivity index (χ2n) is 8.55. The lowest BCUT2D eigenvalue weighted by Gasteiger charge is -2.16. The lowest BCUT2D eigenvalue weighted by molar-refractivity contribution is -0.113. The molecule has 1 amide bonds. The molecule has 0 aliphatic carbocycles. The van der Waals surface area contributed by atoms with E-state index >= 15 is 0 Å². The molecule has 5 nitrogen and oxygen atoms in total. The fourth-order valence-electron chi connectivity index (χ4n) is 3.84. The summed E-state index contributed by atoms with van der Waals surface area (Å²) in [5.41, 5.74) is 3.19. The van der Waals surface area contributed by atoms with Crippen LogP contribution in [0.3, 0.4) is 0 Å². The lowest BCUT2D eigenvalue weighted by atomic mass is 10.1. The van der Waals surface area contributed by atoms with E-state index in [-0.39, 0.29) is 5.91 Å². The predicted molar refractivity (Wildman–Crippen MR) is 177 cm³/mol. The van der Waals surface area contributed by atoms with E-state index in [0.717, 1.165) is 19.2 Å². The average molecular weight is 766 g/mol. The zero-order valence-corrected chi connectivity index (χ0v) is 27.0. The van der Waals surface area contributed by atoms with Gasteiger partial charge in [-0.05, 0) is 124 Å². The van der Waals surface area contributed by atoms with Crippen molar-refractivity contribution in [1.29, 1.82) is 0 Å². The third-order valence-electron chi connectivity index (χ3n) is 5.79. The number of amides is 1. The van der Waals surface area contributed by atoms with Crippen molar-refractivity contribution in [2.45, 2.75) is 6.61 Å². The van der Waals surface area contributed by atoms with Crippen LogP contribution in [0.5, 0.6) is 11.5 Å². The number of hydrogen-bond acceptors (Lipinski definition) is 5. The van der Waals surface area contributed by atoms with Gasteiger partial charge in [-0.2, -0.15) is 0 Å². The van der Waals surface area contributed by atoms with Crippen molar-refractivity contribution < 1.29 is 14.3 Å². The van der Waals surface area contributed by atoms with Crippen molar-refractivity contribution >= 4 is 102 Å². The van der Waals surface area contributed by atoms with Gasteiger partial charge in [0.05, 0.1) is 27.0 Å². The van der Waals surface area contributed by atoms with Gasteiger partial charge < -0.3 is 9.47 Å². The molecular weight excluding hydrogens is 746 g/mol. The maximum Gasteiger partial charge on any atom is 0.271 e. The molecule has 0 unspecified atom stereocenters. The van der Waals surface area contributed by atoms with Gasteiger partial charge in [0, 0.05) is 14.5 Å². The monoisotopic (exact) mass is 764 g/mol. The number of carbonyl (C=O) groups excluding carboxylic acids is 1. The second kappa shape index (κ2) is 13.0. The number of methoxy groups -OCH3 is 1. The smallest absolute Gasteiger partial charge is 0.271 e. The van der Waals surface area contributed by atoms with Gasteiger partial charge in [-0.25, -0.2) is 4.99 Å². The number of ether oxygens (including phenoxy) is 2. The summed E-state index contributed by atoms with van der Waals surface area (Å²) >= 11 is 19.1. The van der Waals surface area contributed by atoms with Crippen LogP contribution in [0.15, 0.2) is 99.3 Å². The molecular formula is C30H20BrCl2IN2O3S. The van der Waals surface area contributed by atoms with Gasteiger partial charge >= 0.3 is 0 Å². The third kappa shape index (κ3) is 6.86.